The molecular weight excluding hydrogens is 344 g/mol. The van der Waals surface area contributed by atoms with Crippen molar-refractivity contribution < 1.29 is 4.42 Å². The number of hydrogen-bond donors (Lipinski definition) is 1. The third-order valence-electron chi connectivity index (χ3n) is 4.22. The Kier molecular flexibility index (Phi) is 4.15. The number of fused-ring (bicyclic) bond motifs is 1. The molecule has 0 bridgehead atoms. The number of hydrogen-bond acceptors (Lipinski definition) is 5. The molecule has 0 unspecified atom stereocenters. The molecule has 0 aliphatic heterocycles. The SMILES string of the molecule is CCc1nc(/C(C#N)=C/c2cn[nH]c2-c2cc3ccccc3o2)sc1C. The average molecular weight is 360 g/mol. The summed E-state index contributed by atoms with van der Waals surface area (Å²) in [4.78, 5) is 5.74. The smallest absolute Gasteiger partial charge is 0.153 e. The van der Waals surface area contributed by atoms with Gasteiger partial charge in [0.2, 0.25) is 0 Å². The molecule has 26 heavy (non-hydrogen) atoms. The van der Waals surface area contributed by atoms with E-state index < -0.39 is 0 Å². The quantitative estimate of drug-likeness (QED) is 0.506. The van der Waals surface area contributed by atoms with Crippen molar-refractivity contribution in [3.8, 4) is 17.5 Å². The summed E-state index contributed by atoms with van der Waals surface area (Å²) in [7, 11) is 0. The minimum absolute atomic E-state index is 0.525. The van der Waals surface area contributed by atoms with Gasteiger partial charge in [-0.05, 0) is 31.6 Å². The predicted octanol–water partition coefficient (Wildman–Crippen LogP) is 5.21. The second-order valence-corrected chi connectivity index (χ2v) is 7.10. The second-order valence-electron chi connectivity index (χ2n) is 5.89. The van der Waals surface area contributed by atoms with E-state index in [1.54, 1.807) is 17.5 Å². The standard InChI is InChI=1S/C20H16N4OS/c1-3-16-12(2)26-20(23-16)14(10-21)8-15-11-22-24-19(15)18-9-13-6-4-5-7-17(13)25-18/h4-9,11H,3H2,1-2H3,(H,22,24)/b14-8+. The van der Waals surface area contributed by atoms with E-state index in [0.29, 0.717) is 11.3 Å². The van der Waals surface area contributed by atoms with Crippen molar-refractivity contribution in [3.63, 3.8) is 0 Å². The second kappa shape index (κ2) is 6.62. The highest BCUT2D eigenvalue weighted by molar-refractivity contribution is 7.12. The number of para-hydroxylation sites is 1. The van der Waals surface area contributed by atoms with Crippen molar-refractivity contribution in [1.29, 1.82) is 5.26 Å². The van der Waals surface area contributed by atoms with Crippen LogP contribution in [0.15, 0.2) is 40.9 Å². The number of rotatable bonds is 4. The molecule has 0 radical (unpaired) electrons. The Morgan fingerprint density at radius 1 is 1.38 bits per heavy atom. The van der Waals surface area contributed by atoms with Gasteiger partial charge in [-0.2, -0.15) is 10.4 Å². The molecular formula is C20H16N4OS. The molecule has 4 aromatic rings. The number of aryl methyl sites for hydroxylation is 2. The summed E-state index contributed by atoms with van der Waals surface area (Å²) < 4.78 is 5.92. The van der Waals surface area contributed by atoms with Crippen LogP contribution < -0.4 is 0 Å². The summed E-state index contributed by atoms with van der Waals surface area (Å²) in [5.74, 6) is 0.691. The lowest BCUT2D eigenvalue weighted by molar-refractivity contribution is 0.628. The maximum Gasteiger partial charge on any atom is 0.153 e. The summed E-state index contributed by atoms with van der Waals surface area (Å²) in [6, 6.07) is 12.1. The van der Waals surface area contributed by atoms with Gasteiger partial charge in [0.05, 0.1) is 17.5 Å². The molecule has 3 aromatic heterocycles. The highest BCUT2D eigenvalue weighted by atomic mass is 32.1. The zero-order chi connectivity index (χ0) is 18.1. The van der Waals surface area contributed by atoms with E-state index >= 15 is 0 Å². The van der Waals surface area contributed by atoms with Crippen LogP contribution in [0.25, 0.3) is 34.1 Å². The normalized spacial score (nSPS) is 11.8. The van der Waals surface area contributed by atoms with Crippen LogP contribution in [0.1, 0.15) is 28.1 Å². The Morgan fingerprint density at radius 3 is 2.96 bits per heavy atom. The number of benzene rings is 1. The maximum absolute atomic E-state index is 9.62. The molecule has 1 N–H and O–H groups in total. The number of H-pyrrole nitrogens is 1. The Balaban J connectivity index is 1.77. The van der Waals surface area contributed by atoms with Crippen molar-refractivity contribution in [1.82, 2.24) is 15.2 Å². The fourth-order valence-corrected chi connectivity index (χ4v) is 3.84. The first-order valence-corrected chi connectivity index (χ1v) is 9.12. The fourth-order valence-electron chi connectivity index (χ4n) is 2.88. The summed E-state index contributed by atoms with van der Waals surface area (Å²) in [6.07, 6.45) is 4.36. The number of aromatic nitrogens is 3. The van der Waals surface area contributed by atoms with Gasteiger partial charge in [-0.25, -0.2) is 4.98 Å². The van der Waals surface area contributed by atoms with Crippen LogP contribution in [0.5, 0.6) is 0 Å². The molecule has 3 heterocycles. The maximum atomic E-state index is 9.62. The van der Waals surface area contributed by atoms with Crippen LogP contribution in [0.3, 0.4) is 0 Å². The monoisotopic (exact) mass is 360 g/mol. The summed E-state index contributed by atoms with van der Waals surface area (Å²) in [5.41, 5.74) is 3.92. The molecule has 0 aliphatic rings. The number of aromatic amines is 1. The first-order chi connectivity index (χ1) is 12.7. The van der Waals surface area contributed by atoms with Gasteiger partial charge < -0.3 is 4.42 Å². The number of nitrogens with zero attached hydrogens (tertiary/aromatic N) is 3. The Hall–Kier alpha value is -3.17. The van der Waals surface area contributed by atoms with Crippen molar-refractivity contribution in [2.75, 3.05) is 0 Å². The van der Waals surface area contributed by atoms with Gasteiger partial charge in [0, 0.05) is 15.8 Å². The van der Waals surface area contributed by atoms with Gasteiger partial charge >= 0.3 is 0 Å². The molecule has 128 valence electrons. The molecule has 0 atom stereocenters. The van der Waals surface area contributed by atoms with Gasteiger partial charge in [0.1, 0.15) is 22.4 Å². The third-order valence-corrected chi connectivity index (χ3v) is 5.27. The van der Waals surface area contributed by atoms with E-state index in [2.05, 4.69) is 28.2 Å². The highest BCUT2D eigenvalue weighted by Crippen LogP contribution is 2.31. The molecule has 4 rings (SSSR count). The molecule has 0 spiro atoms. The number of nitrogens with one attached hydrogen (secondary N) is 1. The Labute approximate surface area is 154 Å². The lowest BCUT2D eigenvalue weighted by Gasteiger charge is -1.96. The Morgan fingerprint density at radius 2 is 2.23 bits per heavy atom. The zero-order valence-corrected chi connectivity index (χ0v) is 15.2. The van der Waals surface area contributed by atoms with Gasteiger partial charge in [0.25, 0.3) is 0 Å². The molecule has 5 nitrogen and oxygen atoms in total. The largest absolute Gasteiger partial charge is 0.454 e. The predicted molar refractivity (Wildman–Crippen MR) is 104 cm³/mol. The van der Waals surface area contributed by atoms with E-state index in [1.807, 2.05) is 43.3 Å². The van der Waals surface area contributed by atoms with Gasteiger partial charge in [-0.3, -0.25) is 5.10 Å². The van der Waals surface area contributed by atoms with E-state index in [-0.39, 0.29) is 0 Å². The molecule has 0 aliphatic carbocycles. The van der Waals surface area contributed by atoms with Crippen LogP contribution in [0, 0.1) is 18.3 Å². The van der Waals surface area contributed by atoms with Crippen LogP contribution in [-0.2, 0) is 6.42 Å². The molecule has 1 aromatic carbocycles. The van der Waals surface area contributed by atoms with E-state index in [1.165, 1.54) is 0 Å². The average Bonchev–Trinajstić information content (AvgIpc) is 3.36. The lowest BCUT2D eigenvalue weighted by Crippen LogP contribution is -1.85. The number of furan rings is 1. The van der Waals surface area contributed by atoms with Crippen LogP contribution in [0.2, 0.25) is 0 Å². The van der Waals surface area contributed by atoms with Gasteiger partial charge in [-0.1, -0.05) is 25.1 Å². The van der Waals surface area contributed by atoms with E-state index in [4.69, 9.17) is 4.42 Å². The van der Waals surface area contributed by atoms with E-state index in [0.717, 1.165) is 44.2 Å². The van der Waals surface area contributed by atoms with Crippen molar-refractivity contribution >= 4 is 34.0 Å². The molecule has 0 saturated carbocycles. The summed E-state index contributed by atoms with van der Waals surface area (Å²) >= 11 is 1.54. The lowest BCUT2D eigenvalue weighted by atomic mass is 10.1. The minimum Gasteiger partial charge on any atom is -0.454 e. The van der Waals surface area contributed by atoms with E-state index in [9.17, 15) is 5.26 Å². The van der Waals surface area contributed by atoms with Crippen molar-refractivity contribution in [2.24, 2.45) is 0 Å². The minimum atomic E-state index is 0.525. The van der Waals surface area contributed by atoms with Crippen molar-refractivity contribution in [2.45, 2.75) is 20.3 Å². The topological polar surface area (TPSA) is 78.5 Å². The molecule has 0 fully saturated rings. The first kappa shape index (κ1) is 16.3. The van der Waals surface area contributed by atoms with Crippen LogP contribution in [-0.4, -0.2) is 15.2 Å². The van der Waals surface area contributed by atoms with Crippen molar-refractivity contribution in [3.05, 3.63) is 57.7 Å². The number of thiazole rings is 1. The first-order valence-electron chi connectivity index (χ1n) is 8.30. The van der Waals surface area contributed by atoms with Crippen LogP contribution in [0.4, 0.5) is 0 Å². The molecule has 6 heteroatoms. The fraction of sp³-hybridized carbons (Fsp3) is 0.150. The molecule has 0 amide bonds. The molecule has 0 saturated heterocycles. The van der Waals surface area contributed by atoms with Gasteiger partial charge in [-0.15, -0.1) is 11.3 Å². The highest BCUT2D eigenvalue weighted by Gasteiger charge is 2.15. The third kappa shape index (κ3) is 2.83. The Bertz CT molecular complexity index is 1120. The summed E-state index contributed by atoms with van der Waals surface area (Å²) in [6.45, 7) is 4.10. The van der Waals surface area contributed by atoms with Gasteiger partial charge in [0.15, 0.2) is 5.76 Å². The van der Waals surface area contributed by atoms with Crippen LogP contribution >= 0.6 is 11.3 Å². The number of nitriles is 1. The zero-order valence-electron chi connectivity index (χ0n) is 14.4. The number of allylic oxidation sites excluding steroid dienone is 1. The summed E-state index contributed by atoms with van der Waals surface area (Å²) in [5, 5.41) is 18.5.